The van der Waals surface area contributed by atoms with E-state index in [1.54, 1.807) is 12.4 Å². The molecule has 0 N–H and O–H groups in total. The molecule has 0 amide bonds. The topological polar surface area (TPSA) is 25.8 Å². The maximum Gasteiger partial charge on any atom is 0.113 e. The number of pyridine rings is 2. The second kappa shape index (κ2) is 6.88. The SMILES string of the molecule is C(#Cc1ccccn1)c1ccc(C#Cc2ccccn2)cc1. The Bertz CT molecular complexity index is 783. The molecule has 0 atom stereocenters. The first-order valence-corrected chi connectivity index (χ1v) is 6.86. The number of hydrogen-bond acceptors (Lipinski definition) is 2. The Morgan fingerprint density at radius 2 is 0.955 bits per heavy atom. The summed E-state index contributed by atoms with van der Waals surface area (Å²) in [5, 5.41) is 0. The van der Waals surface area contributed by atoms with Crippen LogP contribution in [0.1, 0.15) is 22.5 Å². The third-order valence-corrected chi connectivity index (χ3v) is 2.88. The summed E-state index contributed by atoms with van der Waals surface area (Å²) in [7, 11) is 0. The smallest absolute Gasteiger partial charge is 0.113 e. The second-order valence-electron chi connectivity index (χ2n) is 4.51. The highest BCUT2D eigenvalue weighted by Gasteiger charge is 1.90. The number of benzene rings is 1. The van der Waals surface area contributed by atoms with Gasteiger partial charge in [-0.1, -0.05) is 24.0 Å². The van der Waals surface area contributed by atoms with Crippen molar-refractivity contribution in [2.75, 3.05) is 0 Å². The molecule has 2 heterocycles. The molecule has 2 aromatic heterocycles. The van der Waals surface area contributed by atoms with Crippen molar-refractivity contribution in [2.24, 2.45) is 0 Å². The molecule has 0 spiro atoms. The summed E-state index contributed by atoms with van der Waals surface area (Å²) in [6, 6.07) is 19.2. The lowest BCUT2D eigenvalue weighted by Crippen LogP contribution is -1.81. The molecule has 3 aromatic rings. The van der Waals surface area contributed by atoms with Crippen LogP contribution in [0.15, 0.2) is 73.1 Å². The van der Waals surface area contributed by atoms with Crippen LogP contribution < -0.4 is 0 Å². The predicted octanol–water partition coefficient (Wildman–Crippen LogP) is 3.28. The quantitative estimate of drug-likeness (QED) is 0.591. The van der Waals surface area contributed by atoms with Gasteiger partial charge in [0.05, 0.1) is 0 Å². The summed E-state index contributed by atoms with van der Waals surface area (Å²) < 4.78 is 0. The minimum Gasteiger partial charge on any atom is -0.248 e. The van der Waals surface area contributed by atoms with Crippen LogP contribution in [0.3, 0.4) is 0 Å². The van der Waals surface area contributed by atoms with Gasteiger partial charge in [-0.3, -0.25) is 0 Å². The summed E-state index contributed by atoms with van der Waals surface area (Å²) in [4.78, 5) is 8.34. The highest BCUT2D eigenvalue weighted by Crippen LogP contribution is 2.03. The zero-order valence-electron chi connectivity index (χ0n) is 11.8. The molecule has 0 radical (unpaired) electrons. The fraction of sp³-hybridized carbons (Fsp3) is 0. The van der Waals surface area contributed by atoms with E-state index in [-0.39, 0.29) is 0 Å². The standard InChI is InChI=1S/C20H12N2/c1-3-15-21-19(5-1)13-11-17-7-9-18(10-8-17)12-14-20-6-2-4-16-22-20/h1-10,15-16H. The van der Waals surface area contributed by atoms with Crippen LogP contribution in [-0.4, -0.2) is 9.97 Å². The van der Waals surface area contributed by atoms with E-state index in [9.17, 15) is 0 Å². The van der Waals surface area contributed by atoms with Crippen molar-refractivity contribution >= 4 is 0 Å². The van der Waals surface area contributed by atoms with Gasteiger partial charge in [-0.25, -0.2) is 9.97 Å². The maximum absolute atomic E-state index is 4.17. The van der Waals surface area contributed by atoms with Gasteiger partial charge in [0, 0.05) is 23.5 Å². The minimum absolute atomic E-state index is 0.765. The van der Waals surface area contributed by atoms with Crippen LogP contribution >= 0.6 is 0 Å². The molecule has 0 saturated carbocycles. The Morgan fingerprint density at radius 1 is 0.500 bits per heavy atom. The van der Waals surface area contributed by atoms with Gasteiger partial charge in [0.15, 0.2) is 0 Å². The first kappa shape index (κ1) is 13.6. The number of nitrogens with zero attached hydrogens (tertiary/aromatic N) is 2. The summed E-state index contributed by atoms with van der Waals surface area (Å²) in [5.74, 6) is 12.2. The lowest BCUT2D eigenvalue weighted by molar-refractivity contribution is 1.29. The van der Waals surface area contributed by atoms with Gasteiger partial charge in [0.2, 0.25) is 0 Å². The molecule has 2 nitrogen and oxygen atoms in total. The molecule has 0 fully saturated rings. The fourth-order valence-corrected chi connectivity index (χ4v) is 1.78. The molecular formula is C20H12N2. The molecule has 0 aliphatic heterocycles. The van der Waals surface area contributed by atoms with Crippen LogP contribution in [0.2, 0.25) is 0 Å². The molecule has 3 rings (SSSR count). The Balaban J connectivity index is 1.74. The van der Waals surface area contributed by atoms with Crippen LogP contribution in [0.4, 0.5) is 0 Å². The first-order valence-electron chi connectivity index (χ1n) is 6.86. The summed E-state index contributed by atoms with van der Waals surface area (Å²) in [5.41, 5.74) is 3.41. The zero-order valence-corrected chi connectivity index (χ0v) is 11.8. The van der Waals surface area contributed by atoms with E-state index < -0.39 is 0 Å². The summed E-state index contributed by atoms with van der Waals surface area (Å²) >= 11 is 0. The van der Waals surface area contributed by atoms with Gasteiger partial charge in [0.1, 0.15) is 11.4 Å². The third-order valence-electron chi connectivity index (χ3n) is 2.88. The van der Waals surface area contributed by atoms with Gasteiger partial charge >= 0.3 is 0 Å². The minimum atomic E-state index is 0.765. The Kier molecular flexibility index (Phi) is 4.26. The Hall–Kier alpha value is -3.36. The van der Waals surface area contributed by atoms with Crippen LogP contribution in [0.5, 0.6) is 0 Å². The van der Waals surface area contributed by atoms with Gasteiger partial charge in [0.25, 0.3) is 0 Å². The van der Waals surface area contributed by atoms with Gasteiger partial charge in [-0.05, 0) is 60.4 Å². The van der Waals surface area contributed by atoms with Crippen molar-refractivity contribution < 1.29 is 0 Å². The monoisotopic (exact) mass is 280 g/mol. The van der Waals surface area contributed by atoms with Crippen LogP contribution in [0.25, 0.3) is 0 Å². The van der Waals surface area contributed by atoms with E-state index >= 15 is 0 Å². The highest BCUT2D eigenvalue weighted by atomic mass is 14.6. The molecule has 0 aliphatic carbocycles. The Labute approximate surface area is 129 Å². The molecule has 102 valence electrons. The molecule has 2 heteroatoms. The van der Waals surface area contributed by atoms with Crippen LogP contribution in [0, 0.1) is 23.7 Å². The molecular weight excluding hydrogens is 268 g/mol. The molecule has 0 bridgehead atoms. The zero-order chi connectivity index (χ0) is 15.0. The van der Waals surface area contributed by atoms with Crippen molar-refractivity contribution in [3.05, 3.63) is 95.6 Å². The average molecular weight is 280 g/mol. The second-order valence-corrected chi connectivity index (χ2v) is 4.51. The van der Waals surface area contributed by atoms with Crippen LogP contribution in [-0.2, 0) is 0 Å². The molecule has 22 heavy (non-hydrogen) atoms. The van der Waals surface area contributed by atoms with Crippen molar-refractivity contribution in [2.45, 2.75) is 0 Å². The molecule has 0 unspecified atom stereocenters. The lowest BCUT2D eigenvalue weighted by Gasteiger charge is -1.92. The van der Waals surface area contributed by atoms with E-state index in [2.05, 4.69) is 33.6 Å². The van der Waals surface area contributed by atoms with E-state index in [1.165, 1.54) is 0 Å². The van der Waals surface area contributed by atoms with E-state index in [0.717, 1.165) is 22.5 Å². The highest BCUT2D eigenvalue weighted by molar-refractivity contribution is 5.45. The summed E-state index contributed by atoms with van der Waals surface area (Å²) in [6.45, 7) is 0. The first-order chi connectivity index (χ1) is 10.9. The number of rotatable bonds is 0. The number of aromatic nitrogens is 2. The maximum atomic E-state index is 4.17. The van der Waals surface area contributed by atoms with Crippen molar-refractivity contribution in [1.82, 2.24) is 9.97 Å². The number of hydrogen-bond donors (Lipinski definition) is 0. The van der Waals surface area contributed by atoms with Gasteiger partial charge < -0.3 is 0 Å². The van der Waals surface area contributed by atoms with E-state index in [1.807, 2.05) is 60.7 Å². The molecule has 1 aromatic carbocycles. The lowest BCUT2D eigenvalue weighted by atomic mass is 10.1. The van der Waals surface area contributed by atoms with Gasteiger partial charge in [-0.2, -0.15) is 0 Å². The fourth-order valence-electron chi connectivity index (χ4n) is 1.78. The van der Waals surface area contributed by atoms with Crippen molar-refractivity contribution in [3.63, 3.8) is 0 Å². The Morgan fingerprint density at radius 3 is 1.32 bits per heavy atom. The third kappa shape index (κ3) is 3.82. The van der Waals surface area contributed by atoms with Gasteiger partial charge in [-0.15, -0.1) is 0 Å². The largest absolute Gasteiger partial charge is 0.248 e. The van der Waals surface area contributed by atoms with Crippen molar-refractivity contribution in [1.29, 1.82) is 0 Å². The van der Waals surface area contributed by atoms with Crippen molar-refractivity contribution in [3.8, 4) is 23.7 Å². The molecule has 0 aliphatic rings. The van der Waals surface area contributed by atoms with E-state index in [0.29, 0.717) is 0 Å². The summed E-state index contributed by atoms with van der Waals surface area (Å²) in [6.07, 6.45) is 3.47. The average Bonchev–Trinajstić information content (AvgIpc) is 2.61. The predicted molar refractivity (Wildman–Crippen MR) is 86.9 cm³/mol. The molecule has 0 saturated heterocycles. The normalized spacial score (nSPS) is 9.09. The van der Waals surface area contributed by atoms with E-state index in [4.69, 9.17) is 0 Å².